The van der Waals surface area contributed by atoms with Crippen LogP contribution >= 0.6 is 0 Å². The fourth-order valence-corrected chi connectivity index (χ4v) is 2.01. The van der Waals surface area contributed by atoms with Gasteiger partial charge in [-0.05, 0) is 31.0 Å². The van der Waals surface area contributed by atoms with Crippen LogP contribution < -0.4 is 5.32 Å². The van der Waals surface area contributed by atoms with E-state index in [9.17, 15) is 8.42 Å². The average molecular weight is 252 g/mol. The van der Waals surface area contributed by atoms with Gasteiger partial charge in [-0.15, -0.1) is 0 Å². The van der Waals surface area contributed by atoms with Gasteiger partial charge in [0.15, 0.2) is 9.84 Å². The van der Waals surface area contributed by atoms with Crippen molar-refractivity contribution in [2.45, 2.75) is 24.3 Å². The average Bonchev–Trinajstić information content (AvgIpc) is 2.28. The van der Waals surface area contributed by atoms with Gasteiger partial charge in [0.25, 0.3) is 0 Å². The molecule has 1 rings (SSSR count). The molecule has 1 atom stereocenters. The topological polar surface area (TPSA) is 70.0 Å². The molecule has 0 fully saturated rings. The maximum atomic E-state index is 11.2. The lowest BCUT2D eigenvalue weighted by Crippen LogP contribution is -2.26. The van der Waals surface area contributed by atoms with E-state index in [4.69, 9.17) is 5.26 Å². The molecule has 1 aromatic rings. The van der Waals surface area contributed by atoms with E-state index in [0.29, 0.717) is 11.4 Å². The van der Waals surface area contributed by atoms with Crippen molar-refractivity contribution in [1.82, 2.24) is 5.32 Å². The van der Waals surface area contributed by atoms with Gasteiger partial charge in [-0.2, -0.15) is 5.26 Å². The molecule has 0 saturated carbocycles. The quantitative estimate of drug-likeness (QED) is 0.853. The van der Waals surface area contributed by atoms with E-state index >= 15 is 0 Å². The van der Waals surface area contributed by atoms with E-state index in [1.807, 2.05) is 0 Å². The van der Waals surface area contributed by atoms with Gasteiger partial charge in [-0.3, -0.25) is 0 Å². The predicted octanol–water partition coefficient (Wildman–Crippen LogP) is 1.13. The third-order valence-corrected chi connectivity index (χ3v) is 3.54. The Balaban J connectivity index is 2.56. The van der Waals surface area contributed by atoms with E-state index < -0.39 is 9.84 Å². The summed E-state index contributed by atoms with van der Waals surface area (Å²) in [7, 11) is -3.12. The van der Waals surface area contributed by atoms with E-state index in [0.717, 1.165) is 12.0 Å². The van der Waals surface area contributed by atoms with E-state index in [2.05, 4.69) is 11.4 Å². The number of sulfone groups is 1. The SMILES string of the molecule is CC(C#N)NCCc1ccc(S(C)(=O)=O)cc1. The van der Waals surface area contributed by atoms with Crippen molar-refractivity contribution in [3.8, 4) is 6.07 Å². The normalized spacial score (nSPS) is 13.0. The largest absolute Gasteiger partial charge is 0.302 e. The molecule has 92 valence electrons. The summed E-state index contributed by atoms with van der Waals surface area (Å²) < 4.78 is 22.5. The van der Waals surface area contributed by atoms with Crippen LogP contribution in [0.15, 0.2) is 29.2 Å². The van der Waals surface area contributed by atoms with Crippen molar-refractivity contribution in [3.05, 3.63) is 29.8 Å². The van der Waals surface area contributed by atoms with Crippen LogP contribution in [0, 0.1) is 11.3 Å². The monoisotopic (exact) mass is 252 g/mol. The van der Waals surface area contributed by atoms with Gasteiger partial charge in [0.2, 0.25) is 0 Å². The molecule has 0 amide bonds. The van der Waals surface area contributed by atoms with Gasteiger partial charge in [0.1, 0.15) is 0 Å². The van der Waals surface area contributed by atoms with Gasteiger partial charge in [0, 0.05) is 12.8 Å². The fraction of sp³-hybridized carbons (Fsp3) is 0.417. The molecule has 0 bridgehead atoms. The third-order valence-electron chi connectivity index (χ3n) is 2.41. The number of rotatable bonds is 5. The fourth-order valence-electron chi connectivity index (χ4n) is 1.38. The molecule has 0 radical (unpaired) electrons. The van der Waals surface area contributed by atoms with Gasteiger partial charge in [0.05, 0.1) is 17.0 Å². The molecule has 17 heavy (non-hydrogen) atoms. The van der Waals surface area contributed by atoms with Crippen molar-refractivity contribution in [3.63, 3.8) is 0 Å². The van der Waals surface area contributed by atoms with Crippen molar-refractivity contribution in [1.29, 1.82) is 5.26 Å². The smallest absolute Gasteiger partial charge is 0.175 e. The molecule has 0 aliphatic carbocycles. The number of hydrogen-bond acceptors (Lipinski definition) is 4. The Bertz CT molecular complexity index is 500. The van der Waals surface area contributed by atoms with Crippen LogP contribution in [-0.4, -0.2) is 27.3 Å². The van der Waals surface area contributed by atoms with Gasteiger partial charge >= 0.3 is 0 Å². The number of benzene rings is 1. The molecule has 5 heteroatoms. The molecule has 0 spiro atoms. The molecule has 0 aromatic heterocycles. The van der Waals surface area contributed by atoms with Crippen LogP contribution in [0.2, 0.25) is 0 Å². The maximum absolute atomic E-state index is 11.2. The zero-order valence-electron chi connectivity index (χ0n) is 9.97. The highest BCUT2D eigenvalue weighted by molar-refractivity contribution is 7.90. The molecular formula is C12H16N2O2S. The van der Waals surface area contributed by atoms with Crippen LogP contribution in [0.25, 0.3) is 0 Å². The summed E-state index contributed by atoms with van der Waals surface area (Å²) in [6, 6.07) is 8.75. The van der Waals surface area contributed by atoms with Crippen LogP contribution in [0.1, 0.15) is 12.5 Å². The predicted molar refractivity (Wildman–Crippen MR) is 66.3 cm³/mol. The van der Waals surface area contributed by atoms with E-state index in [-0.39, 0.29) is 6.04 Å². The molecule has 0 aliphatic rings. The highest BCUT2D eigenvalue weighted by atomic mass is 32.2. The Morgan fingerprint density at radius 1 is 1.35 bits per heavy atom. The summed E-state index contributed by atoms with van der Waals surface area (Å²) in [5, 5.41) is 11.6. The van der Waals surface area contributed by atoms with Crippen molar-refractivity contribution < 1.29 is 8.42 Å². The van der Waals surface area contributed by atoms with Gasteiger partial charge < -0.3 is 5.32 Å². The summed E-state index contributed by atoms with van der Waals surface area (Å²) in [4.78, 5) is 0.333. The minimum atomic E-state index is -3.12. The van der Waals surface area contributed by atoms with Crippen molar-refractivity contribution >= 4 is 9.84 Å². The standard InChI is InChI=1S/C12H16N2O2S/c1-10(9-13)14-8-7-11-3-5-12(6-4-11)17(2,15)16/h3-6,10,14H,7-8H2,1-2H3. The maximum Gasteiger partial charge on any atom is 0.175 e. The van der Waals surface area contributed by atoms with Crippen LogP contribution in [0.5, 0.6) is 0 Å². The summed E-state index contributed by atoms with van der Waals surface area (Å²) in [5.41, 5.74) is 1.05. The number of nitriles is 1. The lowest BCUT2D eigenvalue weighted by molar-refractivity contribution is 0.602. The highest BCUT2D eigenvalue weighted by Gasteiger charge is 2.06. The zero-order valence-corrected chi connectivity index (χ0v) is 10.8. The molecule has 1 unspecified atom stereocenters. The van der Waals surface area contributed by atoms with E-state index in [1.165, 1.54) is 6.26 Å². The molecular weight excluding hydrogens is 236 g/mol. The zero-order chi connectivity index (χ0) is 12.9. The second-order valence-electron chi connectivity index (χ2n) is 3.97. The number of nitrogens with zero attached hydrogens (tertiary/aromatic N) is 1. The molecule has 0 saturated heterocycles. The second-order valence-corrected chi connectivity index (χ2v) is 5.99. The van der Waals surface area contributed by atoms with Crippen molar-refractivity contribution in [2.75, 3.05) is 12.8 Å². The first-order valence-electron chi connectivity index (χ1n) is 5.35. The van der Waals surface area contributed by atoms with Gasteiger partial charge in [-0.1, -0.05) is 12.1 Å². The lowest BCUT2D eigenvalue weighted by atomic mass is 10.1. The summed E-state index contributed by atoms with van der Waals surface area (Å²) in [5.74, 6) is 0. The molecule has 4 nitrogen and oxygen atoms in total. The Hall–Kier alpha value is -1.38. The first-order chi connectivity index (χ1) is 7.93. The second kappa shape index (κ2) is 5.80. The Morgan fingerprint density at radius 2 is 1.94 bits per heavy atom. The van der Waals surface area contributed by atoms with Gasteiger partial charge in [-0.25, -0.2) is 8.42 Å². The van der Waals surface area contributed by atoms with E-state index in [1.54, 1.807) is 31.2 Å². The highest BCUT2D eigenvalue weighted by Crippen LogP contribution is 2.10. The van der Waals surface area contributed by atoms with Crippen molar-refractivity contribution in [2.24, 2.45) is 0 Å². The minimum absolute atomic E-state index is 0.162. The Morgan fingerprint density at radius 3 is 2.41 bits per heavy atom. The Kier molecular flexibility index (Phi) is 4.67. The summed E-state index contributed by atoms with van der Waals surface area (Å²) in [6.07, 6.45) is 1.97. The van der Waals surface area contributed by atoms with Crippen LogP contribution in [-0.2, 0) is 16.3 Å². The first-order valence-corrected chi connectivity index (χ1v) is 7.24. The third kappa shape index (κ3) is 4.55. The Labute approximate surface area is 102 Å². The number of nitrogens with one attached hydrogen (secondary N) is 1. The molecule has 0 aliphatic heterocycles. The number of hydrogen-bond donors (Lipinski definition) is 1. The summed E-state index contributed by atoms with van der Waals surface area (Å²) in [6.45, 7) is 2.50. The molecule has 1 N–H and O–H groups in total. The first kappa shape index (κ1) is 13.7. The minimum Gasteiger partial charge on any atom is -0.302 e. The van der Waals surface area contributed by atoms with Crippen LogP contribution in [0.4, 0.5) is 0 Å². The summed E-state index contributed by atoms with van der Waals surface area (Å²) >= 11 is 0. The lowest BCUT2D eigenvalue weighted by Gasteiger charge is -2.06. The molecule has 1 aromatic carbocycles. The molecule has 0 heterocycles. The van der Waals surface area contributed by atoms with Crippen LogP contribution in [0.3, 0.4) is 0 Å².